The van der Waals surface area contributed by atoms with Crippen molar-refractivity contribution < 1.29 is 8.42 Å². The van der Waals surface area contributed by atoms with E-state index in [4.69, 9.17) is 5.73 Å². The molecule has 1 heterocycles. The summed E-state index contributed by atoms with van der Waals surface area (Å²) in [5.74, 6) is 0. The molecular weight excluding hydrogens is 288 g/mol. The molecule has 0 spiro atoms. The van der Waals surface area contributed by atoms with E-state index >= 15 is 0 Å². The summed E-state index contributed by atoms with van der Waals surface area (Å²) < 4.78 is 24.0. The van der Waals surface area contributed by atoms with Crippen LogP contribution in [0.15, 0.2) is 37.7 Å². The highest BCUT2D eigenvalue weighted by Gasteiger charge is 2.15. The van der Waals surface area contributed by atoms with Crippen LogP contribution >= 0.6 is 23.1 Å². The number of nitrogens with zero attached hydrogens (tertiary/aromatic N) is 1. The van der Waals surface area contributed by atoms with Crippen molar-refractivity contribution in [3.63, 3.8) is 0 Å². The highest BCUT2D eigenvalue weighted by Crippen LogP contribution is 2.36. The SMILES string of the molecule is Cc1csc(Sc2cccc(S(C)(=O)=O)c2N)n1. The average molecular weight is 300 g/mol. The van der Waals surface area contributed by atoms with Crippen molar-refractivity contribution in [3.8, 4) is 0 Å². The van der Waals surface area contributed by atoms with Gasteiger partial charge in [-0.25, -0.2) is 13.4 Å². The maximum absolute atomic E-state index is 11.6. The molecule has 0 unspecified atom stereocenters. The maximum atomic E-state index is 11.6. The molecule has 0 atom stereocenters. The van der Waals surface area contributed by atoms with E-state index < -0.39 is 9.84 Å². The van der Waals surface area contributed by atoms with E-state index in [2.05, 4.69) is 4.98 Å². The second-order valence-corrected chi connectivity index (χ2v) is 7.93. The summed E-state index contributed by atoms with van der Waals surface area (Å²) in [5, 5.41) is 1.94. The van der Waals surface area contributed by atoms with E-state index in [9.17, 15) is 8.42 Å². The van der Waals surface area contributed by atoms with Crippen LogP contribution < -0.4 is 5.73 Å². The Morgan fingerprint density at radius 2 is 2.11 bits per heavy atom. The van der Waals surface area contributed by atoms with Crippen LogP contribution in [0.1, 0.15) is 5.69 Å². The molecule has 0 saturated heterocycles. The number of nitrogens with two attached hydrogens (primary N) is 1. The van der Waals surface area contributed by atoms with Crippen molar-refractivity contribution in [1.29, 1.82) is 0 Å². The molecule has 0 aliphatic rings. The number of sulfone groups is 1. The van der Waals surface area contributed by atoms with Gasteiger partial charge in [-0.2, -0.15) is 0 Å². The summed E-state index contributed by atoms with van der Waals surface area (Å²) in [4.78, 5) is 5.20. The summed E-state index contributed by atoms with van der Waals surface area (Å²) in [7, 11) is -3.30. The number of nitrogen functional groups attached to an aromatic ring is 1. The first-order valence-electron chi connectivity index (χ1n) is 5.06. The third-order valence-electron chi connectivity index (χ3n) is 2.22. The lowest BCUT2D eigenvalue weighted by Crippen LogP contribution is -2.03. The number of hydrogen-bond acceptors (Lipinski definition) is 6. The Labute approximate surface area is 114 Å². The molecule has 1 aromatic heterocycles. The van der Waals surface area contributed by atoms with Gasteiger partial charge in [-0.05, 0) is 19.1 Å². The van der Waals surface area contributed by atoms with E-state index in [1.54, 1.807) is 12.1 Å². The Balaban J connectivity index is 2.41. The molecular formula is C11H12N2O2S3. The fourth-order valence-corrected chi connectivity index (χ4v) is 4.18. The zero-order valence-electron chi connectivity index (χ0n) is 9.88. The molecule has 7 heteroatoms. The van der Waals surface area contributed by atoms with Gasteiger partial charge in [-0.3, -0.25) is 0 Å². The van der Waals surface area contributed by atoms with E-state index in [-0.39, 0.29) is 10.6 Å². The minimum atomic E-state index is -3.30. The van der Waals surface area contributed by atoms with Crippen LogP contribution in [0.25, 0.3) is 0 Å². The third kappa shape index (κ3) is 2.85. The van der Waals surface area contributed by atoms with Crippen LogP contribution in [0, 0.1) is 6.92 Å². The Hall–Kier alpha value is -1.05. The summed E-state index contributed by atoms with van der Waals surface area (Å²) in [6, 6.07) is 5.00. The van der Waals surface area contributed by atoms with Gasteiger partial charge in [0.2, 0.25) is 0 Å². The molecule has 1 aromatic carbocycles. The van der Waals surface area contributed by atoms with Gasteiger partial charge in [0.1, 0.15) is 0 Å². The summed E-state index contributed by atoms with van der Waals surface area (Å²) in [6.07, 6.45) is 1.15. The van der Waals surface area contributed by atoms with Gasteiger partial charge in [0.25, 0.3) is 0 Å². The van der Waals surface area contributed by atoms with Crippen LogP contribution in [0.3, 0.4) is 0 Å². The molecule has 4 nitrogen and oxygen atoms in total. The third-order valence-corrected chi connectivity index (χ3v) is 5.51. The lowest BCUT2D eigenvalue weighted by Gasteiger charge is -2.07. The fraction of sp³-hybridized carbons (Fsp3) is 0.182. The molecule has 2 rings (SSSR count). The number of para-hydroxylation sites is 1. The molecule has 0 amide bonds. The first kappa shape index (κ1) is 13.4. The van der Waals surface area contributed by atoms with E-state index in [1.165, 1.54) is 29.2 Å². The standard InChI is InChI=1S/C11H12N2O2S3/c1-7-6-16-11(13-7)17-8-4-3-5-9(10(8)12)18(2,14)15/h3-6H,12H2,1-2H3. The van der Waals surface area contributed by atoms with E-state index in [1.807, 2.05) is 12.3 Å². The Kier molecular flexibility index (Phi) is 3.65. The largest absolute Gasteiger partial charge is 0.397 e. The van der Waals surface area contributed by atoms with Crippen LogP contribution in [0.4, 0.5) is 5.69 Å². The number of hydrogen-bond donors (Lipinski definition) is 1. The molecule has 2 N–H and O–H groups in total. The first-order chi connectivity index (χ1) is 8.38. The number of thiazole rings is 1. The predicted molar refractivity (Wildman–Crippen MR) is 74.9 cm³/mol. The molecule has 0 fully saturated rings. The molecule has 0 radical (unpaired) electrons. The Bertz CT molecular complexity index is 677. The van der Waals surface area contributed by atoms with Crippen LogP contribution in [0.2, 0.25) is 0 Å². The predicted octanol–water partition coefficient (Wildman–Crippen LogP) is 2.59. The Morgan fingerprint density at radius 1 is 1.39 bits per heavy atom. The van der Waals surface area contributed by atoms with Gasteiger partial charge in [0, 0.05) is 22.2 Å². The molecule has 96 valence electrons. The highest BCUT2D eigenvalue weighted by molar-refractivity contribution is 8.01. The lowest BCUT2D eigenvalue weighted by molar-refractivity contribution is 0.602. The van der Waals surface area contributed by atoms with Crippen molar-refractivity contribution in [3.05, 3.63) is 29.3 Å². The summed E-state index contributed by atoms with van der Waals surface area (Å²) in [5.41, 5.74) is 7.14. The number of rotatable bonds is 3. The molecule has 0 aliphatic heterocycles. The fourth-order valence-electron chi connectivity index (χ4n) is 1.41. The number of aryl methyl sites for hydroxylation is 1. The molecule has 2 aromatic rings. The summed E-state index contributed by atoms with van der Waals surface area (Å²) in [6.45, 7) is 1.91. The van der Waals surface area contributed by atoms with Crippen molar-refractivity contribution in [2.75, 3.05) is 12.0 Å². The normalized spacial score (nSPS) is 11.7. The van der Waals surface area contributed by atoms with Gasteiger partial charge in [-0.1, -0.05) is 17.8 Å². The van der Waals surface area contributed by atoms with Crippen molar-refractivity contribution >= 4 is 38.6 Å². The zero-order chi connectivity index (χ0) is 13.3. The topological polar surface area (TPSA) is 73.0 Å². The van der Waals surface area contributed by atoms with Crippen LogP contribution in [-0.4, -0.2) is 19.7 Å². The monoisotopic (exact) mass is 300 g/mol. The quantitative estimate of drug-likeness (QED) is 0.882. The second-order valence-electron chi connectivity index (χ2n) is 3.80. The molecule has 0 aliphatic carbocycles. The smallest absolute Gasteiger partial charge is 0.177 e. The van der Waals surface area contributed by atoms with Gasteiger partial charge in [0.15, 0.2) is 14.2 Å². The lowest BCUT2D eigenvalue weighted by atomic mass is 10.3. The van der Waals surface area contributed by atoms with Gasteiger partial charge in [0.05, 0.1) is 10.6 Å². The molecule has 18 heavy (non-hydrogen) atoms. The minimum absolute atomic E-state index is 0.167. The molecule has 0 bridgehead atoms. The van der Waals surface area contributed by atoms with Crippen LogP contribution in [0.5, 0.6) is 0 Å². The molecule has 0 saturated carbocycles. The highest BCUT2D eigenvalue weighted by atomic mass is 32.2. The van der Waals surface area contributed by atoms with E-state index in [0.717, 1.165) is 16.3 Å². The number of benzene rings is 1. The van der Waals surface area contributed by atoms with Crippen molar-refractivity contribution in [2.24, 2.45) is 0 Å². The first-order valence-corrected chi connectivity index (χ1v) is 8.65. The van der Waals surface area contributed by atoms with Crippen molar-refractivity contribution in [1.82, 2.24) is 4.98 Å². The summed E-state index contributed by atoms with van der Waals surface area (Å²) >= 11 is 2.90. The average Bonchev–Trinajstić information content (AvgIpc) is 2.65. The second kappa shape index (κ2) is 4.91. The zero-order valence-corrected chi connectivity index (χ0v) is 12.3. The van der Waals surface area contributed by atoms with Gasteiger partial charge in [-0.15, -0.1) is 11.3 Å². The van der Waals surface area contributed by atoms with Gasteiger partial charge < -0.3 is 5.73 Å². The van der Waals surface area contributed by atoms with E-state index in [0.29, 0.717) is 4.90 Å². The number of aromatic nitrogens is 1. The van der Waals surface area contributed by atoms with Crippen LogP contribution in [-0.2, 0) is 9.84 Å². The Morgan fingerprint density at radius 3 is 2.67 bits per heavy atom. The van der Waals surface area contributed by atoms with Gasteiger partial charge >= 0.3 is 0 Å². The maximum Gasteiger partial charge on any atom is 0.177 e. The van der Waals surface area contributed by atoms with Crippen molar-refractivity contribution in [2.45, 2.75) is 21.1 Å². The number of anilines is 1. The minimum Gasteiger partial charge on any atom is -0.397 e.